The number of thiophene rings is 1. The summed E-state index contributed by atoms with van der Waals surface area (Å²) in [7, 11) is 1.64. The lowest BCUT2D eigenvalue weighted by molar-refractivity contribution is 0.409. The summed E-state index contributed by atoms with van der Waals surface area (Å²) in [5, 5.41) is 5.78. The molecule has 0 aliphatic heterocycles. The van der Waals surface area contributed by atoms with E-state index in [1.807, 2.05) is 11.4 Å². The van der Waals surface area contributed by atoms with E-state index in [1.54, 1.807) is 18.4 Å². The van der Waals surface area contributed by atoms with E-state index in [4.69, 9.17) is 15.0 Å². The molecule has 0 unspecified atom stereocenters. The van der Waals surface area contributed by atoms with Gasteiger partial charge in [0, 0.05) is 5.56 Å². The first kappa shape index (κ1) is 11.0. The quantitative estimate of drug-likeness (QED) is 0.892. The number of anilines is 1. The molecule has 16 heavy (non-hydrogen) atoms. The number of hydrogen-bond acceptors (Lipinski definition) is 5. The Labute approximate surface area is 98.0 Å². The normalized spacial score (nSPS) is 11.0. The van der Waals surface area contributed by atoms with Crippen molar-refractivity contribution in [2.75, 3.05) is 12.8 Å². The van der Waals surface area contributed by atoms with Crippen LogP contribution in [0.25, 0.3) is 10.6 Å². The summed E-state index contributed by atoms with van der Waals surface area (Å²) in [5.41, 5.74) is 6.74. The molecule has 2 N–H and O–H groups in total. The molecule has 0 aromatic carbocycles. The van der Waals surface area contributed by atoms with Crippen LogP contribution in [0.2, 0.25) is 0 Å². The summed E-state index contributed by atoms with van der Waals surface area (Å²) in [5.74, 6) is 2.25. The third-order valence-electron chi connectivity index (χ3n) is 2.39. The average Bonchev–Trinajstić information content (AvgIpc) is 2.82. The van der Waals surface area contributed by atoms with Gasteiger partial charge in [-0.3, -0.25) is 0 Å². The van der Waals surface area contributed by atoms with Crippen molar-refractivity contribution in [2.45, 2.75) is 19.8 Å². The van der Waals surface area contributed by atoms with Crippen molar-refractivity contribution in [3.8, 4) is 16.4 Å². The molecule has 0 aliphatic rings. The van der Waals surface area contributed by atoms with Crippen molar-refractivity contribution in [1.29, 1.82) is 0 Å². The zero-order chi connectivity index (χ0) is 11.7. The zero-order valence-corrected chi connectivity index (χ0v) is 10.3. The van der Waals surface area contributed by atoms with Crippen molar-refractivity contribution in [3.05, 3.63) is 17.0 Å². The largest absolute Gasteiger partial charge is 0.495 e. The van der Waals surface area contributed by atoms with Crippen LogP contribution in [0.1, 0.15) is 25.3 Å². The Kier molecular flexibility index (Phi) is 2.87. The summed E-state index contributed by atoms with van der Waals surface area (Å²) >= 11 is 1.56. The number of rotatable bonds is 3. The van der Waals surface area contributed by atoms with E-state index in [9.17, 15) is 0 Å². The topological polar surface area (TPSA) is 61.3 Å². The molecule has 0 saturated heterocycles. The first-order chi connectivity index (χ1) is 7.65. The number of hydrogen-bond donors (Lipinski definition) is 1. The molecular weight excluding hydrogens is 224 g/mol. The van der Waals surface area contributed by atoms with Crippen molar-refractivity contribution in [1.82, 2.24) is 5.16 Å². The van der Waals surface area contributed by atoms with Gasteiger partial charge < -0.3 is 15.0 Å². The van der Waals surface area contributed by atoms with Gasteiger partial charge in [0.25, 0.3) is 0 Å². The van der Waals surface area contributed by atoms with Gasteiger partial charge in [0.2, 0.25) is 0 Å². The Hall–Kier alpha value is -1.49. The molecule has 2 rings (SSSR count). The molecule has 0 atom stereocenters. The molecule has 5 heteroatoms. The number of nitrogens with zero attached hydrogens (tertiary/aromatic N) is 1. The molecule has 86 valence electrons. The molecule has 0 aliphatic carbocycles. The maximum Gasteiger partial charge on any atom is 0.186 e. The van der Waals surface area contributed by atoms with E-state index in [0.717, 1.165) is 22.0 Å². The van der Waals surface area contributed by atoms with Gasteiger partial charge in [-0.1, -0.05) is 19.0 Å². The Morgan fingerprint density at radius 1 is 1.50 bits per heavy atom. The minimum Gasteiger partial charge on any atom is -0.495 e. The van der Waals surface area contributed by atoms with Crippen LogP contribution < -0.4 is 10.5 Å². The molecule has 0 amide bonds. The summed E-state index contributed by atoms with van der Waals surface area (Å²) < 4.78 is 10.6. The fourth-order valence-electron chi connectivity index (χ4n) is 1.65. The van der Waals surface area contributed by atoms with E-state index < -0.39 is 0 Å². The predicted molar refractivity (Wildman–Crippen MR) is 64.9 cm³/mol. The second-order valence-corrected chi connectivity index (χ2v) is 4.70. The molecule has 0 fully saturated rings. The first-order valence-electron chi connectivity index (χ1n) is 5.02. The standard InChI is InChI=1S/C11H14N2O2S/c1-6(2)8-9(15-13-11(8)12)10-7(14-3)4-5-16-10/h4-6H,1-3H3,(H2,12,13). The van der Waals surface area contributed by atoms with Crippen molar-refractivity contribution in [3.63, 3.8) is 0 Å². The van der Waals surface area contributed by atoms with E-state index in [2.05, 4.69) is 19.0 Å². The van der Waals surface area contributed by atoms with Crippen LogP contribution in [0.5, 0.6) is 5.75 Å². The first-order valence-corrected chi connectivity index (χ1v) is 5.90. The van der Waals surface area contributed by atoms with Gasteiger partial charge >= 0.3 is 0 Å². The van der Waals surface area contributed by atoms with Gasteiger partial charge in [-0.05, 0) is 17.4 Å². The zero-order valence-electron chi connectivity index (χ0n) is 9.48. The SMILES string of the molecule is COc1ccsc1-c1onc(N)c1C(C)C. The molecule has 2 aromatic rings. The van der Waals surface area contributed by atoms with Crippen molar-refractivity contribution in [2.24, 2.45) is 0 Å². The molecule has 2 heterocycles. The van der Waals surface area contributed by atoms with Crippen LogP contribution in [0, 0.1) is 0 Å². The third kappa shape index (κ3) is 1.67. The minimum absolute atomic E-state index is 0.271. The van der Waals surface area contributed by atoms with Crippen molar-refractivity contribution >= 4 is 17.2 Å². The lowest BCUT2D eigenvalue weighted by Gasteiger charge is -2.05. The fourth-order valence-corrected chi connectivity index (χ4v) is 2.50. The van der Waals surface area contributed by atoms with Crippen LogP contribution in [-0.2, 0) is 0 Å². The van der Waals surface area contributed by atoms with E-state index in [1.165, 1.54) is 0 Å². The van der Waals surface area contributed by atoms with Crippen LogP contribution in [0.3, 0.4) is 0 Å². The Balaban J connectivity index is 2.56. The van der Waals surface area contributed by atoms with Crippen LogP contribution in [0.4, 0.5) is 5.82 Å². The molecule has 0 saturated carbocycles. The molecule has 0 spiro atoms. The lowest BCUT2D eigenvalue weighted by Crippen LogP contribution is -1.95. The molecular formula is C11H14N2O2S. The van der Waals surface area contributed by atoms with Gasteiger partial charge in [-0.2, -0.15) is 0 Å². The van der Waals surface area contributed by atoms with Crippen LogP contribution >= 0.6 is 11.3 Å². The monoisotopic (exact) mass is 238 g/mol. The van der Waals surface area contributed by atoms with Gasteiger partial charge in [0.05, 0.1) is 7.11 Å². The fraction of sp³-hybridized carbons (Fsp3) is 0.364. The van der Waals surface area contributed by atoms with Crippen LogP contribution in [0.15, 0.2) is 16.0 Å². The molecule has 0 bridgehead atoms. The molecule has 2 aromatic heterocycles. The van der Waals surface area contributed by atoms with Crippen LogP contribution in [-0.4, -0.2) is 12.3 Å². The Bertz CT molecular complexity index is 488. The van der Waals surface area contributed by atoms with Crippen molar-refractivity contribution < 1.29 is 9.26 Å². The highest BCUT2D eigenvalue weighted by Gasteiger charge is 2.22. The molecule has 4 nitrogen and oxygen atoms in total. The maximum absolute atomic E-state index is 5.80. The second kappa shape index (κ2) is 4.17. The Morgan fingerprint density at radius 2 is 2.25 bits per heavy atom. The molecule has 0 radical (unpaired) electrons. The highest BCUT2D eigenvalue weighted by atomic mass is 32.1. The Morgan fingerprint density at radius 3 is 2.88 bits per heavy atom. The van der Waals surface area contributed by atoms with E-state index >= 15 is 0 Å². The highest BCUT2D eigenvalue weighted by Crippen LogP contribution is 2.41. The van der Waals surface area contributed by atoms with Gasteiger partial charge in [0.15, 0.2) is 11.6 Å². The third-order valence-corrected chi connectivity index (χ3v) is 3.28. The van der Waals surface area contributed by atoms with Gasteiger partial charge in [-0.25, -0.2) is 0 Å². The van der Waals surface area contributed by atoms with E-state index in [-0.39, 0.29) is 5.92 Å². The lowest BCUT2D eigenvalue weighted by atomic mass is 10.0. The van der Waals surface area contributed by atoms with Gasteiger partial charge in [0.1, 0.15) is 10.6 Å². The number of ether oxygens (including phenoxy) is 1. The minimum atomic E-state index is 0.271. The predicted octanol–water partition coefficient (Wildman–Crippen LogP) is 3.12. The number of nitrogens with two attached hydrogens (primary N) is 1. The smallest absolute Gasteiger partial charge is 0.186 e. The summed E-state index contributed by atoms with van der Waals surface area (Å²) in [4.78, 5) is 0.940. The van der Waals surface area contributed by atoms with Gasteiger partial charge in [-0.15, -0.1) is 11.3 Å². The highest BCUT2D eigenvalue weighted by molar-refractivity contribution is 7.14. The second-order valence-electron chi connectivity index (χ2n) is 3.78. The number of methoxy groups -OCH3 is 1. The number of aromatic nitrogens is 1. The summed E-state index contributed by atoms with van der Waals surface area (Å²) in [6, 6.07) is 1.91. The summed E-state index contributed by atoms with van der Waals surface area (Å²) in [6.07, 6.45) is 0. The average molecular weight is 238 g/mol. The number of nitrogen functional groups attached to an aromatic ring is 1. The maximum atomic E-state index is 5.80. The summed E-state index contributed by atoms with van der Waals surface area (Å²) in [6.45, 7) is 4.12. The van der Waals surface area contributed by atoms with E-state index in [0.29, 0.717) is 5.82 Å².